The lowest BCUT2D eigenvalue weighted by Crippen LogP contribution is -2.27. The van der Waals surface area contributed by atoms with Gasteiger partial charge in [0.1, 0.15) is 5.60 Å². The number of amides is 1. The number of hydrogen-bond donors (Lipinski definition) is 2. The van der Waals surface area contributed by atoms with E-state index < -0.39 is 11.7 Å². The maximum atomic E-state index is 12.2. The molecule has 0 saturated heterocycles. The molecule has 1 aromatic rings. The largest absolute Gasteiger partial charge is 0.493 e. The summed E-state index contributed by atoms with van der Waals surface area (Å²) in [5, 5.41) is 2.82. The minimum atomic E-state index is -0.573. The number of carbonyl (C=O) groups is 1. The average Bonchev–Trinajstić information content (AvgIpc) is 2.94. The van der Waals surface area contributed by atoms with E-state index in [2.05, 4.69) is 19.2 Å². The van der Waals surface area contributed by atoms with Crippen molar-refractivity contribution < 1.29 is 19.0 Å². The van der Waals surface area contributed by atoms with Crippen molar-refractivity contribution in [3.63, 3.8) is 0 Å². The van der Waals surface area contributed by atoms with Gasteiger partial charge in [-0.3, -0.25) is 5.32 Å². The van der Waals surface area contributed by atoms with Gasteiger partial charge in [-0.2, -0.15) is 0 Å². The second-order valence-electron chi connectivity index (χ2n) is 7.75. The van der Waals surface area contributed by atoms with Gasteiger partial charge in [-0.1, -0.05) is 13.8 Å². The second kappa shape index (κ2) is 6.16. The monoisotopic (exact) mass is 336 g/mol. The summed E-state index contributed by atoms with van der Waals surface area (Å²) in [6.07, 6.45) is -0.511. The van der Waals surface area contributed by atoms with Crippen molar-refractivity contribution >= 4 is 11.8 Å². The molecule has 1 aromatic carbocycles. The molecule has 1 amide bonds. The van der Waals surface area contributed by atoms with Crippen molar-refractivity contribution in [3.05, 3.63) is 17.7 Å². The topological polar surface area (TPSA) is 82.8 Å². The average molecular weight is 336 g/mol. The lowest BCUT2D eigenvalue weighted by molar-refractivity contribution is 0.0635. The molecule has 134 valence electrons. The van der Waals surface area contributed by atoms with Crippen LogP contribution in [0.3, 0.4) is 0 Å². The first kappa shape index (κ1) is 18.4. The van der Waals surface area contributed by atoms with E-state index in [0.29, 0.717) is 17.2 Å². The Balaban J connectivity index is 2.39. The van der Waals surface area contributed by atoms with Gasteiger partial charge in [0.15, 0.2) is 11.5 Å². The summed E-state index contributed by atoms with van der Waals surface area (Å²) < 4.78 is 16.1. The standard InChI is InChI=1S/C18H28N2O4/c1-17(2,3)24-16(21)20-11-9-13(23-7)12(22-6)8-10(11)14-15(19)18(14,4)5/h8-9,14-15H,19H2,1-7H3,(H,20,21)/t14-,15-/m0/s1. The molecule has 0 heterocycles. The van der Waals surface area contributed by atoms with Crippen molar-refractivity contribution in [2.24, 2.45) is 11.1 Å². The Bertz CT molecular complexity index is 635. The van der Waals surface area contributed by atoms with Crippen LogP contribution in [-0.2, 0) is 4.74 Å². The van der Waals surface area contributed by atoms with Gasteiger partial charge in [0.05, 0.1) is 19.9 Å². The molecule has 0 bridgehead atoms. The van der Waals surface area contributed by atoms with Crippen molar-refractivity contribution in [3.8, 4) is 11.5 Å². The fraction of sp³-hybridized carbons (Fsp3) is 0.611. The van der Waals surface area contributed by atoms with E-state index in [-0.39, 0.29) is 17.4 Å². The Kier molecular flexibility index (Phi) is 4.72. The number of rotatable bonds is 4. The summed E-state index contributed by atoms with van der Waals surface area (Å²) in [7, 11) is 3.14. The van der Waals surface area contributed by atoms with E-state index >= 15 is 0 Å². The second-order valence-corrected chi connectivity index (χ2v) is 7.75. The lowest BCUT2D eigenvalue weighted by atomic mass is 10.0. The van der Waals surface area contributed by atoms with Crippen molar-refractivity contribution in [2.75, 3.05) is 19.5 Å². The molecular weight excluding hydrogens is 308 g/mol. The molecule has 1 aliphatic rings. The van der Waals surface area contributed by atoms with E-state index in [0.717, 1.165) is 5.56 Å². The quantitative estimate of drug-likeness (QED) is 0.879. The molecule has 6 heteroatoms. The predicted octanol–water partition coefficient (Wildman–Crippen LogP) is 3.50. The molecule has 1 aliphatic carbocycles. The molecule has 24 heavy (non-hydrogen) atoms. The summed E-state index contributed by atoms with van der Waals surface area (Å²) in [5.74, 6) is 1.28. The number of nitrogens with one attached hydrogen (secondary N) is 1. The Hall–Kier alpha value is -1.95. The van der Waals surface area contributed by atoms with Crippen LogP contribution in [0.2, 0.25) is 0 Å². The SMILES string of the molecule is COc1cc(NC(=O)OC(C)(C)C)c([C@H]2[C@H](N)C2(C)C)cc1OC. The fourth-order valence-electron chi connectivity index (χ4n) is 2.95. The fourth-order valence-corrected chi connectivity index (χ4v) is 2.95. The molecule has 2 rings (SSSR count). The lowest BCUT2D eigenvalue weighted by Gasteiger charge is -2.21. The van der Waals surface area contributed by atoms with Crippen LogP contribution in [0.15, 0.2) is 12.1 Å². The van der Waals surface area contributed by atoms with E-state index in [1.54, 1.807) is 20.3 Å². The molecule has 0 unspecified atom stereocenters. The van der Waals surface area contributed by atoms with Crippen molar-refractivity contribution in [2.45, 2.75) is 52.2 Å². The number of anilines is 1. The molecule has 3 N–H and O–H groups in total. The highest BCUT2D eigenvalue weighted by Gasteiger charge is 2.57. The predicted molar refractivity (Wildman–Crippen MR) is 93.9 cm³/mol. The number of nitrogens with two attached hydrogens (primary N) is 1. The molecule has 1 saturated carbocycles. The molecule has 0 radical (unpaired) electrons. The number of methoxy groups -OCH3 is 2. The maximum absolute atomic E-state index is 12.2. The highest BCUT2D eigenvalue weighted by atomic mass is 16.6. The Morgan fingerprint density at radius 2 is 1.67 bits per heavy atom. The third-order valence-corrected chi connectivity index (χ3v) is 4.44. The van der Waals surface area contributed by atoms with Crippen LogP contribution in [0, 0.1) is 5.41 Å². The van der Waals surface area contributed by atoms with Gasteiger partial charge in [-0.25, -0.2) is 4.79 Å². The van der Waals surface area contributed by atoms with Gasteiger partial charge in [0.25, 0.3) is 0 Å². The van der Waals surface area contributed by atoms with Crippen LogP contribution in [-0.4, -0.2) is 32.0 Å². The van der Waals surface area contributed by atoms with E-state index in [9.17, 15) is 4.79 Å². The van der Waals surface area contributed by atoms with Crippen LogP contribution in [0.1, 0.15) is 46.1 Å². The van der Waals surface area contributed by atoms with E-state index in [4.69, 9.17) is 19.9 Å². The van der Waals surface area contributed by atoms with Crippen LogP contribution >= 0.6 is 0 Å². The number of benzene rings is 1. The molecule has 1 fully saturated rings. The van der Waals surface area contributed by atoms with E-state index in [1.807, 2.05) is 26.8 Å². The Morgan fingerprint density at radius 1 is 1.17 bits per heavy atom. The first-order valence-corrected chi connectivity index (χ1v) is 8.02. The summed E-state index contributed by atoms with van der Waals surface area (Å²) in [5.41, 5.74) is 7.17. The maximum Gasteiger partial charge on any atom is 0.412 e. The molecule has 0 spiro atoms. The normalized spacial score (nSPS) is 21.8. The van der Waals surface area contributed by atoms with E-state index in [1.165, 1.54) is 0 Å². The van der Waals surface area contributed by atoms with Gasteiger partial charge >= 0.3 is 6.09 Å². The molecule has 6 nitrogen and oxygen atoms in total. The molecule has 0 aliphatic heterocycles. The first-order valence-electron chi connectivity index (χ1n) is 8.02. The van der Waals surface area contributed by atoms with Gasteiger partial charge in [0.2, 0.25) is 0 Å². The summed E-state index contributed by atoms with van der Waals surface area (Å²) in [6.45, 7) is 9.68. The summed E-state index contributed by atoms with van der Waals surface area (Å²) >= 11 is 0. The van der Waals surface area contributed by atoms with Crippen LogP contribution in [0.4, 0.5) is 10.5 Å². The van der Waals surface area contributed by atoms with Gasteiger partial charge in [-0.15, -0.1) is 0 Å². The first-order chi connectivity index (χ1) is 11.0. The minimum absolute atomic E-state index is 0.0230. The molecular formula is C18H28N2O4. The molecule has 2 atom stereocenters. The zero-order valence-electron chi connectivity index (χ0n) is 15.5. The highest BCUT2D eigenvalue weighted by Crippen LogP contribution is 2.59. The smallest absolute Gasteiger partial charge is 0.412 e. The number of carbonyl (C=O) groups excluding carboxylic acids is 1. The third kappa shape index (κ3) is 3.59. The van der Waals surface area contributed by atoms with Crippen LogP contribution in [0.5, 0.6) is 11.5 Å². The highest BCUT2D eigenvalue weighted by molar-refractivity contribution is 5.87. The number of hydrogen-bond acceptors (Lipinski definition) is 5. The van der Waals surface area contributed by atoms with Crippen molar-refractivity contribution in [1.29, 1.82) is 0 Å². The number of ether oxygens (including phenoxy) is 3. The van der Waals surface area contributed by atoms with Gasteiger partial charge < -0.3 is 19.9 Å². The van der Waals surface area contributed by atoms with Crippen LogP contribution in [0.25, 0.3) is 0 Å². The van der Waals surface area contributed by atoms with Gasteiger partial charge in [-0.05, 0) is 37.8 Å². The summed E-state index contributed by atoms with van der Waals surface area (Å²) in [4.78, 5) is 12.2. The molecule has 0 aromatic heterocycles. The zero-order valence-corrected chi connectivity index (χ0v) is 15.5. The Morgan fingerprint density at radius 3 is 2.08 bits per heavy atom. The third-order valence-electron chi connectivity index (χ3n) is 4.44. The van der Waals surface area contributed by atoms with Gasteiger partial charge in [0, 0.05) is 18.0 Å². The Labute approximate surface area is 143 Å². The summed E-state index contributed by atoms with van der Waals surface area (Å²) in [6, 6.07) is 3.65. The minimum Gasteiger partial charge on any atom is -0.493 e. The zero-order chi connectivity index (χ0) is 18.3. The van der Waals surface area contributed by atoms with Crippen LogP contribution < -0.4 is 20.5 Å². The van der Waals surface area contributed by atoms with Crippen molar-refractivity contribution in [1.82, 2.24) is 0 Å².